The Morgan fingerprint density at radius 2 is 1.96 bits per heavy atom. The van der Waals surface area contributed by atoms with Gasteiger partial charge in [0.05, 0.1) is 17.6 Å². The highest BCUT2D eigenvalue weighted by Crippen LogP contribution is 2.26. The van der Waals surface area contributed by atoms with Gasteiger partial charge in [0.15, 0.2) is 0 Å². The standard InChI is InChI=1S/C16H23ClN2O4S.ClH/c1-3-18-11-12-4-6-19(7-5-12)24(21,22)15-9-13(16(20)23-2)8-14(17)10-15;/h8-10,12,18H,3-7,11H2,1-2H3;1H. The number of ether oxygens (including phenoxy) is 1. The van der Waals surface area contributed by atoms with Crippen molar-refractivity contribution < 1.29 is 17.9 Å². The second-order valence-corrected chi connectivity index (χ2v) is 8.20. The maximum absolute atomic E-state index is 12.8. The molecule has 0 bridgehead atoms. The number of rotatable bonds is 6. The maximum Gasteiger partial charge on any atom is 0.337 e. The summed E-state index contributed by atoms with van der Waals surface area (Å²) in [4.78, 5) is 11.7. The third-order valence-corrected chi connectivity index (χ3v) is 6.28. The number of carbonyl (C=O) groups excluding carboxylic acids is 1. The van der Waals surface area contributed by atoms with Crippen LogP contribution in [0, 0.1) is 5.92 Å². The van der Waals surface area contributed by atoms with E-state index in [0.29, 0.717) is 19.0 Å². The number of sulfonamides is 1. The van der Waals surface area contributed by atoms with Crippen molar-refractivity contribution >= 4 is 40.0 Å². The molecule has 25 heavy (non-hydrogen) atoms. The molecule has 1 aromatic rings. The fourth-order valence-corrected chi connectivity index (χ4v) is 4.64. The first-order valence-electron chi connectivity index (χ1n) is 7.98. The van der Waals surface area contributed by atoms with Crippen LogP contribution in [0.3, 0.4) is 0 Å². The Morgan fingerprint density at radius 3 is 2.52 bits per heavy atom. The largest absolute Gasteiger partial charge is 0.465 e. The van der Waals surface area contributed by atoms with Crippen molar-refractivity contribution in [1.29, 1.82) is 0 Å². The van der Waals surface area contributed by atoms with E-state index in [0.717, 1.165) is 25.9 Å². The van der Waals surface area contributed by atoms with E-state index in [1.165, 1.54) is 29.6 Å². The van der Waals surface area contributed by atoms with Gasteiger partial charge in [-0.1, -0.05) is 18.5 Å². The van der Waals surface area contributed by atoms with Crippen molar-refractivity contribution in [1.82, 2.24) is 9.62 Å². The molecule has 0 saturated carbocycles. The van der Waals surface area contributed by atoms with Gasteiger partial charge in [-0.25, -0.2) is 13.2 Å². The molecular weight excluding hydrogens is 387 g/mol. The summed E-state index contributed by atoms with van der Waals surface area (Å²) in [6, 6.07) is 4.08. The van der Waals surface area contributed by atoms with Gasteiger partial charge >= 0.3 is 5.97 Å². The molecule has 142 valence electrons. The summed E-state index contributed by atoms with van der Waals surface area (Å²) in [5.41, 5.74) is 0.130. The number of carbonyl (C=O) groups is 1. The summed E-state index contributed by atoms with van der Waals surface area (Å²) in [7, 11) is -2.43. The molecule has 1 aliphatic heterocycles. The van der Waals surface area contributed by atoms with E-state index >= 15 is 0 Å². The number of benzene rings is 1. The molecule has 0 spiro atoms. The number of hydrogen-bond acceptors (Lipinski definition) is 5. The Morgan fingerprint density at radius 1 is 1.32 bits per heavy atom. The van der Waals surface area contributed by atoms with Crippen molar-refractivity contribution in [2.75, 3.05) is 33.3 Å². The molecule has 1 heterocycles. The molecule has 1 N–H and O–H groups in total. The zero-order valence-corrected chi connectivity index (χ0v) is 16.7. The summed E-state index contributed by atoms with van der Waals surface area (Å²) < 4.78 is 31.7. The van der Waals surface area contributed by atoms with Gasteiger partial charge in [-0.05, 0) is 50.0 Å². The lowest BCUT2D eigenvalue weighted by molar-refractivity contribution is 0.0600. The SMILES string of the molecule is CCNCC1CCN(S(=O)(=O)c2cc(Cl)cc(C(=O)OC)c2)CC1.Cl. The van der Waals surface area contributed by atoms with Crippen molar-refractivity contribution in [3.05, 3.63) is 28.8 Å². The van der Waals surface area contributed by atoms with Crippen molar-refractivity contribution in [2.24, 2.45) is 5.92 Å². The van der Waals surface area contributed by atoms with E-state index in [9.17, 15) is 13.2 Å². The Bertz CT molecular complexity index is 689. The molecule has 0 amide bonds. The summed E-state index contributed by atoms with van der Waals surface area (Å²) in [5, 5.41) is 3.49. The number of esters is 1. The van der Waals surface area contributed by atoms with Crippen LogP contribution in [0.2, 0.25) is 5.02 Å². The van der Waals surface area contributed by atoms with Crippen LogP contribution >= 0.6 is 24.0 Å². The predicted octanol–water partition coefficient (Wildman–Crippen LogP) is 2.56. The molecule has 1 fully saturated rings. The molecule has 0 radical (unpaired) electrons. The van der Waals surface area contributed by atoms with Crippen LogP contribution in [-0.2, 0) is 14.8 Å². The fraction of sp³-hybridized carbons (Fsp3) is 0.562. The Labute approximate surface area is 160 Å². The van der Waals surface area contributed by atoms with Crippen LogP contribution in [0.15, 0.2) is 23.1 Å². The van der Waals surface area contributed by atoms with E-state index in [-0.39, 0.29) is 27.9 Å². The van der Waals surface area contributed by atoms with Gasteiger partial charge in [0, 0.05) is 18.1 Å². The van der Waals surface area contributed by atoms with Gasteiger partial charge in [0.1, 0.15) is 0 Å². The number of nitrogens with one attached hydrogen (secondary N) is 1. The number of piperidine rings is 1. The first-order chi connectivity index (χ1) is 11.4. The van der Waals surface area contributed by atoms with Crippen LogP contribution in [0.25, 0.3) is 0 Å². The average Bonchev–Trinajstić information content (AvgIpc) is 2.59. The first kappa shape index (κ1) is 22.2. The molecule has 0 atom stereocenters. The van der Waals surface area contributed by atoms with Crippen molar-refractivity contribution in [3.63, 3.8) is 0 Å². The third kappa shape index (κ3) is 5.56. The third-order valence-electron chi connectivity index (χ3n) is 4.19. The summed E-state index contributed by atoms with van der Waals surface area (Å²) in [6.07, 6.45) is 1.63. The molecule has 6 nitrogen and oxygen atoms in total. The molecular formula is C16H24Cl2N2O4S. The Kier molecular flexibility index (Phi) is 8.63. The summed E-state index contributed by atoms with van der Waals surface area (Å²) in [6.45, 7) is 4.82. The van der Waals surface area contributed by atoms with Crippen molar-refractivity contribution in [2.45, 2.75) is 24.7 Å². The fourth-order valence-electron chi connectivity index (χ4n) is 2.80. The second kappa shape index (κ2) is 9.73. The first-order valence-corrected chi connectivity index (χ1v) is 9.80. The molecule has 0 unspecified atom stereocenters. The van der Waals surface area contributed by atoms with E-state index in [2.05, 4.69) is 17.0 Å². The normalized spacial score (nSPS) is 16.3. The number of hydrogen-bond donors (Lipinski definition) is 1. The topological polar surface area (TPSA) is 75.7 Å². The molecule has 2 rings (SSSR count). The van der Waals surface area contributed by atoms with Gasteiger partial charge in [-0.15, -0.1) is 12.4 Å². The van der Waals surface area contributed by atoms with Gasteiger partial charge in [-0.2, -0.15) is 4.31 Å². The molecule has 9 heteroatoms. The lowest BCUT2D eigenvalue weighted by Crippen LogP contribution is -2.40. The van der Waals surface area contributed by atoms with Crippen LogP contribution in [0.1, 0.15) is 30.1 Å². The van der Waals surface area contributed by atoms with Gasteiger partial charge < -0.3 is 10.1 Å². The maximum atomic E-state index is 12.8. The highest BCUT2D eigenvalue weighted by atomic mass is 35.5. The molecule has 1 aromatic carbocycles. The predicted molar refractivity (Wildman–Crippen MR) is 100 cm³/mol. The number of halogens is 2. The zero-order chi connectivity index (χ0) is 17.7. The minimum Gasteiger partial charge on any atom is -0.465 e. The Balaban J connectivity index is 0.00000312. The highest BCUT2D eigenvalue weighted by molar-refractivity contribution is 7.89. The lowest BCUT2D eigenvalue weighted by atomic mass is 9.98. The van der Waals surface area contributed by atoms with E-state index in [1.54, 1.807) is 0 Å². The van der Waals surface area contributed by atoms with Gasteiger partial charge in [0.2, 0.25) is 10.0 Å². The molecule has 1 aliphatic rings. The molecule has 1 saturated heterocycles. The van der Waals surface area contributed by atoms with E-state index in [4.69, 9.17) is 11.6 Å². The van der Waals surface area contributed by atoms with Crippen LogP contribution < -0.4 is 5.32 Å². The van der Waals surface area contributed by atoms with Gasteiger partial charge in [0.25, 0.3) is 0 Å². The minimum absolute atomic E-state index is 0. The molecule has 0 aromatic heterocycles. The quantitative estimate of drug-likeness (QED) is 0.729. The van der Waals surface area contributed by atoms with Gasteiger partial charge in [-0.3, -0.25) is 0 Å². The smallest absolute Gasteiger partial charge is 0.337 e. The highest BCUT2D eigenvalue weighted by Gasteiger charge is 2.30. The summed E-state index contributed by atoms with van der Waals surface area (Å²) >= 11 is 5.98. The van der Waals surface area contributed by atoms with Crippen LogP contribution in [0.4, 0.5) is 0 Å². The lowest BCUT2D eigenvalue weighted by Gasteiger charge is -2.31. The second-order valence-electron chi connectivity index (χ2n) is 5.82. The number of methoxy groups -OCH3 is 1. The summed E-state index contributed by atoms with van der Waals surface area (Å²) in [5.74, 6) is -0.125. The monoisotopic (exact) mass is 410 g/mol. The van der Waals surface area contributed by atoms with E-state index in [1.807, 2.05) is 0 Å². The number of nitrogens with zero attached hydrogens (tertiary/aromatic N) is 1. The van der Waals surface area contributed by atoms with Crippen LogP contribution in [-0.4, -0.2) is 52.0 Å². The zero-order valence-electron chi connectivity index (χ0n) is 14.3. The van der Waals surface area contributed by atoms with Crippen molar-refractivity contribution in [3.8, 4) is 0 Å². The Hall–Kier alpha value is -0.860. The molecule has 0 aliphatic carbocycles. The van der Waals surface area contributed by atoms with E-state index < -0.39 is 16.0 Å². The van der Waals surface area contributed by atoms with Crippen LogP contribution in [0.5, 0.6) is 0 Å². The minimum atomic E-state index is -3.67. The average molecular weight is 411 g/mol.